The van der Waals surface area contributed by atoms with Crippen LogP contribution >= 0.6 is 0 Å². The highest BCUT2D eigenvalue weighted by molar-refractivity contribution is 4.81. The number of halogens is 3. The second kappa shape index (κ2) is 5.36. The molecule has 1 N–H and O–H groups in total. The molecule has 0 saturated carbocycles. The standard InChI is InChI=1S/C11H20F3NO/c1-10(2)6-4-9(16-10)8-15-7-3-5-11(12,13)14/h9,15H,3-8H2,1-2H3. The van der Waals surface area contributed by atoms with Crippen LogP contribution in [0.4, 0.5) is 13.2 Å². The molecule has 2 nitrogen and oxygen atoms in total. The summed E-state index contributed by atoms with van der Waals surface area (Å²) in [7, 11) is 0. The van der Waals surface area contributed by atoms with E-state index < -0.39 is 12.6 Å². The molecule has 96 valence electrons. The van der Waals surface area contributed by atoms with Crippen molar-refractivity contribution < 1.29 is 17.9 Å². The Balaban J connectivity index is 2.00. The van der Waals surface area contributed by atoms with Gasteiger partial charge < -0.3 is 10.1 Å². The number of nitrogens with one attached hydrogen (secondary N) is 1. The van der Waals surface area contributed by atoms with Gasteiger partial charge in [0.05, 0.1) is 11.7 Å². The van der Waals surface area contributed by atoms with Crippen molar-refractivity contribution >= 4 is 0 Å². The Kier molecular flexibility index (Phi) is 4.62. The van der Waals surface area contributed by atoms with Crippen LogP contribution in [-0.4, -0.2) is 31.0 Å². The first-order valence-corrected chi connectivity index (χ1v) is 5.74. The molecule has 1 aliphatic rings. The highest BCUT2D eigenvalue weighted by Crippen LogP contribution is 2.28. The van der Waals surface area contributed by atoms with E-state index in [1.165, 1.54) is 0 Å². The summed E-state index contributed by atoms with van der Waals surface area (Å²) in [6.45, 7) is 5.13. The summed E-state index contributed by atoms with van der Waals surface area (Å²) in [5, 5.41) is 3.01. The topological polar surface area (TPSA) is 21.3 Å². The van der Waals surface area contributed by atoms with E-state index in [1.54, 1.807) is 0 Å². The third kappa shape index (κ3) is 5.70. The van der Waals surface area contributed by atoms with Crippen molar-refractivity contribution in [2.24, 2.45) is 0 Å². The van der Waals surface area contributed by atoms with Crippen LogP contribution in [0.25, 0.3) is 0 Å². The Bertz CT molecular complexity index is 216. The molecule has 1 rings (SSSR count). The fourth-order valence-corrected chi connectivity index (χ4v) is 1.90. The van der Waals surface area contributed by atoms with E-state index in [4.69, 9.17) is 4.74 Å². The quantitative estimate of drug-likeness (QED) is 0.745. The van der Waals surface area contributed by atoms with Gasteiger partial charge in [-0.25, -0.2) is 0 Å². The van der Waals surface area contributed by atoms with E-state index >= 15 is 0 Å². The lowest BCUT2D eigenvalue weighted by atomic mass is 10.1. The van der Waals surface area contributed by atoms with Crippen LogP contribution in [0.1, 0.15) is 39.5 Å². The molecule has 16 heavy (non-hydrogen) atoms. The van der Waals surface area contributed by atoms with Gasteiger partial charge in [0.15, 0.2) is 0 Å². The fourth-order valence-electron chi connectivity index (χ4n) is 1.90. The molecule has 1 aliphatic heterocycles. The van der Waals surface area contributed by atoms with E-state index in [-0.39, 0.29) is 18.1 Å². The number of rotatable bonds is 5. The van der Waals surface area contributed by atoms with Crippen LogP contribution in [0.2, 0.25) is 0 Å². The normalized spacial score (nSPS) is 24.9. The Morgan fingerprint density at radius 1 is 1.38 bits per heavy atom. The summed E-state index contributed by atoms with van der Waals surface area (Å²) in [6.07, 6.45) is -2.45. The highest BCUT2D eigenvalue weighted by Gasteiger charge is 2.31. The van der Waals surface area contributed by atoms with E-state index in [2.05, 4.69) is 5.32 Å². The molecule has 1 heterocycles. The molecule has 5 heteroatoms. The molecule has 0 bridgehead atoms. The fraction of sp³-hybridized carbons (Fsp3) is 1.00. The van der Waals surface area contributed by atoms with Crippen molar-refractivity contribution in [1.82, 2.24) is 5.32 Å². The SMILES string of the molecule is CC1(C)CCC(CNCCCC(F)(F)F)O1. The van der Waals surface area contributed by atoms with E-state index in [0.29, 0.717) is 13.1 Å². The smallest absolute Gasteiger partial charge is 0.371 e. The molecule has 1 saturated heterocycles. The zero-order chi connectivity index (χ0) is 12.2. The first-order valence-electron chi connectivity index (χ1n) is 5.74. The maximum absolute atomic E-state index is 11.8. The number of hydrogen-bond donors (Lipinski definition) is 1. The monoisotopic (exact) mass is 239 g/mol. The molecule has 0 aromatic heterocycles. The molecule has 0 aliphatic carbocycles. The van der Waals surface area contributed by atoms with Crippen LogP contribution in [0.15, 0.2) is 0 Å². The molecule has 1 atom stereocenters. The van der Waals surface area contributed by atoms with Crippen LogP contribution in [0.5, 0.6) is 0 Å². The van der Waals surface area contributed by atoms with E-state index in [9.17, 15) is 13.2 Å². The zero-order valence-corrected chi connectivity index (χ0v) is 9.86. The lowest BCUT2D eigenvalue weighted by Crippen LogP contribution is -2.30. The largest absolute Gasteiger partial charge is 0.389 e. The average Bonchev–Trinajstić information content (AvgIpc) is 2.43. The van der Waals surface area contributed by atoms with Gasteiger partial charge >= 0.3 is 6.18 Å². The van der Waals surface area contributed by atoms with Gasteiger partial charge in [0.25, 0.3) is 0 Å². The van der Waals surface area contributed by atoms with Crippen molar-refractivity contribution in [1.29, 1.82) is 0 Å². The van der Waals surface area contributed by atoms with Crippen LogP contribution in [0.3, 0.4) is 0 Å². The molecule has 0 spiro atoms. The van der Waals surface area contributed by atoms with Crippen LogP contribution < -0.4 is 5.32 Å². The van der Waals surface area contributed by atoms with Crippen molar-refractivity contribution in [3.8, 4) is 0 Å². The summed E-state index contributed by atoms with van der Waals surface area (Å²) in [5.74, 6) is 0. The highest BCUT2D eigenvalue weighted by atomic mass is 19.4. The lowest BCUT2D eigenvalue weighted by molar-refractivity contribution is -0.135. The summed E-state index contributed by atoms with van der Waals surface area (Å²) in [5.41, 5.74) is -0.0711. The Morgan fingerprint density at radius 3 is 2.56 bits per heavy atom. The first-order chi connectivity index (χ1) is 7.29. The minimum Gasteiger partial charge on any atom is -0.371 e. The van der Waals surface area contributed by atoms with Crippen molar-refractivity contribution in [3.05, 3.63) is 0 Å². The maximum atomic E-state index is 11.8. The summed E-state index contributed by atoms with van der Waals surface area (Å²) >= 11 is 0. The van der Waals surface area contributed by atoms with Crippen molar-refractivity contribution in [3.63, 3.8) is 0 Å². The number of hydrogen-bond acceptors (Lipinski definition) is 2. The Hall–Kier alpha value is -0.290. The predicted octanol–water partition coefficient (Wildman–Crippen LogP) is 2.88. The van der Waals surface area contributed by atoms with Crippen LogP contribution in [0, 0.1) is 0 Å². The second-order valence-electron chi connectivity index (χ2n) is 4.96. The third-order valence-corrected chi connectivity index (χ3v) is 2.74. The number of alkyl halides is 3. The summed E-state index contributed by atoms with van der Waals surface area (Å²) in [6, 6.07) is 0. The Labute approximate surface area is 94.5 Å². The molecule has 0 radical (unpaired) electrons. The van der Waals surface area contributed by atoms with E-state index in [1.807, 2.05) is 13.8 Å². The molecule has 1 fully saturated rings. The predicted molar refractivity (Wildman–Crippen MR) is 56.3 cm³/mol. The molecule has 0 amide bonds. The van der Waals surface area contributed by atoms with Gasteiger partial charge in [-0.2, -0.15) is 13.2 Å². The molecule has 0 aromatic rings. The van der Waals surface area contributed by atoms with Gasteiger partial charge in [-0.1, -0.05) is 0 Å². The van der Waals surface area contributed by atoms with Gasteiger partial charge in [0, 0.05) is 13.0 Å². The van der Waals surface area contributed by atoms with Gasteiger partial charge in [-0.3, -0.25) is 0 Å². The Morgan fingerprint density at radius 2 is 2.06 bits per heavy atom. The minimum absolute atomic E-state index is 0.0711. The van der Waals surface area contributed by atoms with Gasteiger partial charge in [-0.05, 0) is 39.7 Å². The molecular weight excluding hydrogens is 219 g/mol. The van der Waals surface area contributed by atoms with Crippen molar-refractivity contribution in [2.45, 2.75) is 57.4 Å². The second-order valence-corrected chi connectivity index (χ2v) is 4.96. The maximum Gasteiger partial charge on any atom is 0.389 e. The van der Waals surface area contributed by atoms with E-state index in [0.717, 1.165) is 12.8 Å². The summed E-state index contributed by atoms with van der Waals surface area (Å²) in [4.78, 5) is 0. The number of ether oxygens (including phenoxy) is 1. The van der Waals surface area contributed by atoms with Gasteiger partial charge in [0.2, 0.25) is 0 Å². The summed E-state index contributed by atoms with van der Waals surface area (Å²) < 4.78 is 41.2. The first kappa shape index (κ1) is 13.8. The van der Waals surface area contributed by atoms with Crippen LogP contribution in [-0.2, 0) is 4.74 Å². The van der Waals surface area contributed by atoms with Gasteiger partial charge in [0.1, 0.15) is 0 Å². The zero-order valence-electron chi connectivity index (χ0n) is 9.86. The average molecular weight is 239 g/mol. The van der Waals surface area contributed by atoms with Gasteiger partial charge in [-0.15, -0.1) is 0 Å². The van der Waals surface area contributed by atoms with Crippen molar-refractivity contribution in [2.75, 3.05) is 13.1 Å². The minimum atomic E-state index is -4.03. The lowest BCUT2D eigenvalue weighted by Gasteiger charge is -2.19. The molecular formula is C11H20F3NO. The third-order valence-electron chi connectivity index (χ3n) is 2.74. The molecule has 1 unspecified atom stereocenters. The molecule has 0 aromatic carbocycles.